The molecule has 4 rings (SSSR count). The SMILES string of the molecule is CC(=O)OC(C)/C=C\C(=O)NC1CC(C)C(C/C=C(C)/C=C/C2CC3(CO3)C[C@@H](CC(N)=O)O2)OC1C.CC1=CC(C)CC1(C)F. The van der Waals surface area contributed by atoms with Crippen LogP contribution in [0, 0.1) is 11.8 Å². The molecule has 4 aliphatic rings. The van der Waals surface area contributed by atoms with Crippen LogP contribution in [0.4, 0.5) is 4.39 Å². The number of epoxide rings is 1. The Kier molecular flexibility index (Phi) is 13.4. The van der Waals surface area contributed by atoms with Gasteiger partial charge in [0.05, 0.1) is 49.1 Å². The highest BCUT2D eigenvalue weighted by Crippen LogP contribution is 2.43. The van der Waals surface area contributed by atoms with Crippen LogP contribution < -0.4 is 11.1 Å². The van der Waals surface area contributed by atoms with E-state index >= 15 is 0 Å². The summed E-state index contributed by atoms with van der Waals surface area (Å²) in [6.45, 7) is 15.5. The number of rotatable bonds is 10. The van der Waals surface area contributed by atoms with Gasteiger partial charge in [0, 0.05) is 25.8 Å². The number of amides is 2. The van der Waals surface area contributed by atoms with Crippen LogP contribution >= 0.6 is 0 Å². The first-order chi connectivity index (χ1) is 21.5. The smallest absolute Gasteiger partial charge is 0.303 e. The maximum Gasteiger partial charge on any atom is 0.303 e. The summed E-state index contributed by atoms with van der Waals surface area (Å²) in [4.78, 5) is 34.7. The van der Waals surface area contributed by atoms with Gasteiger partial charge in [0.25, 0.3) is 0 Å². The van der Waals surface area contributed by atoms with E-state index in [4.69, 9.17) is 24.7 Å². The highest BCUT2D eigenvalue weighted by Gasteiger charge is 2.51. The predicted octanol–water partition coefficient (Wildman–Crippen LogP) is 5.58. The van der Waals surface area contributed by atoms with Crippen molar-refractivity contribution in [1.82, 2.24) is 5.32 Å². The molecule has 3 N–H and O–H groups in total. The molecule has 3 heterocycles. The molecule has 46 heavy (non-hydrogen) atoms. The van der Waals surface area contributed by atoms with E-state index < -0.39 is 11.8 Å². The Morgan fingerprint density at radius 3 is 2.39 bits per heavy atom. The van der Waals surface area contributed by atoms with E-state index in [2.05, 4.69) is 24.4 Å². The third-order valence-electron chi connectivity index (χ3n) is 9.24. The summed E-state index contributed by atoms with van der Waals surface area (Å²) in [5.41, 5.74) is 6.20. The van der Waals surface area contributed by atoms with E-state index in [0.29, 0.717) is 18.9 Å². The van der Waals surface area contributed by atoms with Crippen LogP contribution in [-0.2, 0) is 33.3 Å². The summed E-state index contributed by atoms with van der Waals surface area (Å²) >= 11 is 0. The van der Waals surface area contributed by atoms with Gasteiger partial charge in [0.2, 0.25) is 11.8 Å². The van der Waals surface area contributed by atoms with Gasteiger partial charge in [0.15, 0.2) is 0 Å². The van der Waals surface area contributed by atoms with Crippen molar-refractivity contribution >= 4 is 17.8 Å². The molecule has 3 fully saturated rings. The van der Waals surface area contributed by atoms with E-state index in [0.717, 1.165) is 36.8 Å². The summed E-state index contributed by atoms with van der Waals surface area (Å²) in [6.07, 6.45) is 14.4. The van der Waals surface area contributed by atoms with Crippen LogP contribution in [0.5, 0.6) is 0 Å². The number of nitrogens with two attached hydrogens (primary N) is 1. The number of hydrogen-bond acceptors (Lipinski definition) is 7. The lowest BCUT2D eigenvalue weighted by Gasteiger charge is -2.39. The second kappa shape index (κ2) is 16.3. The van der Waals surface area contributed by atoms with Gasteiger partial charge in [-0.2, -0.15) is 0 Å². The third kappa shape index (κ3) is 12.1. The van der Waals surface area contributed by atoms with Gasteiger partial charge < -0.3 is 30.0 Å². The van der Waals surface area contributed by atoms with Gasteiger partial charge in [-0.1, -0.05) is 43.7 Å². The van der Waals surface area contributed by atoms with Gasteiger partial charge >= 0.3 is 5.97 Å². The second-order valence-electron chi connectivity index (χ2n) is 14.0. The molecule has 3 saturated heterocycles. The number of nitrogens with one attached hydrogen (secondary N) is 1. The molecule has 0 aromatic heterocycles. The van der Waals surface area contributed by atoms with Crippen molar-refractivity contribution in [1.29, 1.82) is 0 Å². The van der Waals surface area contributed by atoms with E-state index in [1.165, 1.54) is 13.0 Å². The summed E-state index contributed by atoms with van der Waals surface area (Å²) in [6, 6.07) is -0.0915. The van der Waals surface area contributed by atoms with Crippen LogP contribution in [0.1, 0.15) is 93.9 Å². The minimum atomic E-state index is -1.01. The first-order valence-electron chi connectivity index (χ1n) is 16.6. The second-order valence-corrected chi connectivity index (χ2v) is 14.0. The highest BCUT2D eigenvalue weighted by atomic mass is 19.1. The molecule has 9 unspecified atom stereocenters. The van der Waals surface area contributed by atoms with Crippen molar-refractivity contribution < 1.29 is 37.7 Å². The van der Waals surface area contributed by atoms with Crippen molar-refractivity contribution in [3.63, 3.8) is 0 Å². The molecule has 0 radical (unpaired) electrons. The van der Waals surface area contributed by atoms with Gasteiger partial charge in [-0.05, 0) is 77.4 Å². The van der Waals surface area contributed by atoms with E-state index in [9.17, 15) is 18.8 Å². The molecule has 9 nitrogen and oxygen atoms in total. The normalized spacial score (nSPS) is 36.6. The Balaban J connectivity index is 0.000000549. The zero-order valence-electron chi connectivity index (χ0n) is 28.8. The van der Waals surface area contributed by atoms with Gasteiger partial charge in [-0.25, -0.2) is 4.39 Å². The fourth-order valence-electron chi connectivity index (χ4n) is 6.53. The summed E-state index contributed by atoms with van der Waals surface area (Å²) in [5, 5.41) is 3.01. The monoisotopic (exact) mass is 646 g/mol. The Morgan fingerprint density at radius 1 is 1.15 bits per heavy atom. The van der Waals surface area contributed by atoms with Crippen molar-refractivity contribution in [3.05, 3.63) is 47.6 Å². The number of esters is 1. The maximum absolute atomic E-state index is 13.2. The standard InChI is InChI=1S/C28H42N2O7.C8H13F/c1-17(6-9-22-14-28(16-34-28)15-23(37-22)13-26(29)32)7-10-25-18(2)12-24(20(4)36-25)30-27(33)11-8-19(3)35-21(5)31;1-6-4-7(2)8(3,9)5-6/h6-9,11,18-20,22-25H,10,12-16H2,1-5H3,(H2,29,32)(H,30,33);4,6H,5H2,1-3H3/b9-6+,11-8-,17-7+;/t18?,19?,20?,22?,23-,24?,25?,28?;/m1./s1. The summed E-state index contributed by atoms with van der Waals surface area (Å²) in [7, 11) is 0. The van der Waals surface area contributed by atoms with Crippen LogP contribution in [0.3, 0.4) is 0 Å². The zero-order valence-corrected chi connectivity index (χ0v) is 28.8. The number of alkyl halides is 1. The highest BCUT2D eigenvalue weighted by molar-refractivity contribution is 5.87. The van der Waals surface area contributed by atoms with Crippen LogP contribution in [0.15, 0.2) is 47.6 Å². The van der Waals surface area contributed by atoms with Crippen LogP contribution in [0.2, 0.25) is 0 Å². The molecule has 0 aromatic rings. The Labute approximate surface area is 274 Å². The van der Waals surface area contributed by atoms with Crippen molar-refractivity contribution in [2.45, 2.75) is 142 Å². The van der Waals surface area contributed by atoms with Crippen molar-refractivity contribution in [3.8, 4) is 0 Å². The number of carbonyl (C=O) groups excluding carboxylic acids is 3. The zero-order chi connectivity index (χ0) is 34.2. The molecule has 2 amide bonds. The molecule has 1 spiro atoms. The lowest BCUT2D eigenvalue weighted by atomic mass is 9.88. The molecule has 258 valence electrons. The first-order valence-corrected chi connectivity index (χ1v) is 16.6. The minimum Gasteiger partial charge on any atom is -0.459 e. The molecular formula is C36H55FN2O7. The van der Waals surface area contributed by atoms with Crippen LogP contribution in [0.25, 0.3) is 0 Å². The van der Waals surface area contributed by atoms with Crippen LogP contribution in [-0.4, -0.2) is 72.2 Å². The molecule has 10 heteroatoms. The number of halogens is 1. The average molecular weight is 647 g/mol. The van der Waals surface area contributed by atoms with Gasteiger partial charge in [0.1, 0.15) is 11.8 Å². The molecule has 3 aliphatic heterocycles. The predicted molar refractivity (Wildman–Crippen MR) is 175 cm³/mol. The molecule has 0 bridgehead atoms. The number of primary amides is 1. The largest absolute Gasteiger partial charge is 0.459 e. The fraction of sp³-hybridized carbons (Fsp3) is 0.694. The number of carbonyl (C=O) groups is 3. The molecule has 1 aliphatic carbocycles. The molecule has 0 saturated carbocycles. The van der Waals surface area contributed by atoms with Crippen molar-refractivity contribution in [2.75, 3.05) is 6.61 Å². The maximum atomic E-state index is 13.2. The molecule has 0 aromatic carbocycles. The topological polar surface area (TPSA) is 129 Å². The number of allylic oxidation sites excluding steroid dienone is 4. The lowest BCUT2D eigenvalue weighted by molar-refractivity contribution is -0.143. The van der Waals surface area contributed by atoms with E-state index in [1.807, 2.05) is 39.8 Å². The Morgan fingerprint density at radius 2 is 1.85 bits per heavy atom. The first kappa shape index (κ1) is 37.6. The molecular weight excluding hydrogens is 591 g/mol. The van der Waals surface area contributed by atoms with Gasteiger partial charge in [-0.3, -0.25) is 14.4 Å². The lowest BCUT2D eigenvalue weighted by Crippen LogP contribution is -2.50. The number of hydrogen-bond donors (Lipinski definition) is 2. The molecule has 10 atom stereocenters. The number of ether oxygens (including phenoxy) is 4. The minimum absolute atomic E-state index is 0.0556. The third-order valence-corrected chi connectivity index (χ3v) is 9.24. The van der Waals surface area contributed by atoms with E-state index in [1.54, 1.807) is 19.9 Å². The Bertz CT molecular complexity index is 1200. The van der Waals surface area contributed by atoms with Gasteiger partial charge in [-0.15, -0.1) is 0 Å². The average Bonchev–Trinajstić information content (AvgIpc) is 3.62. The Hall–Kier alpha value is -2.82. The summed E-state index contributed by atoms with van der Waals surface area (Å²) in [5.74, 6) is -0.276. The quantitative estimate of drug-likeness (QED) is 0.104. The van der Waals surface area contributed by atoms with E-state index in [-0.39, 0.29) is 66.2 Å². The summed E-state index contributed by atoms with van der Waals surface area (Å²) < 4.78 is 36.2. The fourth-order valence-corrected chi connectivity index (χ4v) is 6.53. The van der Waals surface area contributed by atoms with Crippen molar-refractivity contribution in [2.24, 2.45) is 17.6 Å².